The van der Waals surface area contributed by atoms with Gasteiger partial charge in [-0.1, -0.05) is 62.7 Å². The molecule has 2 atom stereocenters. The van der Waals surface area contributed by atoms with E-state index in [-0.39, 0.29) is 6.79 Å². The number of benzene rings is 2. The van der Waals surface area contributed by atoms with Gasteiger partial charge in [-0.2, -0.15) is 0 Å². The summed E-state index contributed by atoms with van der Waals surface area (Å²) in [6.45, 7) is 3.37. The van der Waals surface area contributed by atoms with Crippen molar-refractivity contribution in [1.82, 2.24) is 4.90 Å². The second-order valence-electron chi connectivity index (χ2n) is 7.92. The Kier molecular flexibility index (Phi) is 8.06. The number of hydrogen-bond donors (Lipinski definition) is 0. The van der Waals surface area contributed by atoms with Crippen molar-refractivity contribution in [2.45, 2.75) is 26.3 Å². The minimum atomic E-state index is 0.269. The average molecular weight is 410 g/mol. The summed E-state index contributed by atoms with van der Waals surface area (Å²) in [5, 5.41) is 2.63. The maximum Gasteiger partial charge on any atom is 0.188 e. The molecule has 154 valence electrons. The summed E-state index contributed by atoms with van der Waals surface area (Å²) in [5.41, 5.74) is 4.05. The lowest BCUT2D eigenvalue weighted by atomic mass is 9.93. The fourth-order valence-electron chi connectivity index (χ4n) is 3.60. The lowest BCUT2D eigenvalue weighted by Gasteiger charge is -2.18. The first kappa shape index (κ1) is 21.8. The second kappa shape index (κ2) is 10.7. The predicted octanol–water partition coefficient (Wildman–Crippen LogP) is 4.34. The SMILES string of the molecule is COCOc1ccc(CC2C=CC=CC2)cc1Pc1ccc(C)cc1CN(C)C. The average Bonchev–Trinajstić information content (AvgIpc) is 2.70. The van der Waals surface area contributed by atoms with Gasteiger partial charge >= 0.3 is 0 Å². The van der Waals surface area contributed by atoms with E-state index in [4.69, 9.17) is 9.47 Å². The summed E-state index contributed by atoms with van der Waals surface area (Å²) in [6, 6.07) is 13.4. The normalized spacial score (nSPS) is 16.2. The van der Waals surface area contributed by atoms with Crippen LogP contribution in [0.3, 0.4) is 0 Å². The molecule has 0 bridgehead atoms. The van der Waals surface area contributed by atoms with Crippen LogP contribution in [0.1, 0.15) is 23.1 Å². The van der Waals surface area contributed by atoms with Gasteiger partial charge < -0.3 is 14.4 Å². The van der Waals surface area contributed by atoms with E-state index < -0.39 is 0 Å². The van der Waals surface area contributed by atoms with Gasteiger partial charge in [-0.15, -0.1) is 0 Å². The first-order valence-electron chi connectivity index (χ1n) is 10.1. The molecular formula is C25H32NO2P. The van der Waals surface area contributed by atoms with Gasteiger partial charge in [-0.3, -0.25) is 0 Å². The fourth-order valence-corrected chi connectivity index (χ4v) is 4.90. The van der Waals surface area contributed by atoms with E-state index in [1.54, 1.807) is 7.11 Å². The van der Waals surface area contributed by atoms with Crippen LogP contribution in [0.4, 0.5) is 0 Å². The van der Waals surface area contributed by atoms with Crippen molar-refractivity contribution in [1.29, 1.82) is 0 Å². The summed E-state index contributed by atoms with van der Waals surface area (Å²) >= 11 is 0. The number of methoxy groups -OCH3 is 1. The first-order chi connectivity index (χ1) is 14.0. The molecule has 1 aliphatic rings. The molecule has 0 aromatic heterocycles. The third-order valence-corrected chi connectivity index (χ3v) is 6.38. The van der Waals surface area contributed by atoms with E-state index in [9.17, 15) is 0 Å². The molecule has 1 aliphatic carbocycles. The predicted molar refractivity (Wildman–Crippen MR) is 125 cm³/mol. The van der Waals surface area contributed by atoms with E-state index in [0.717, 1.165) is 25.1 Å². The Labute approximate surface area is 177 Å². The number of hydrogen-bond acceptors (Lipinski definition) is 3. The van der Waals surface area contributed by atoms with Gasteiger partial charge in [-0.25, -0.2) is 0 Å². The Bertz CT molecular complexity index is 873. The van der Waals surface area contributed by atoms with Crippen LogP contribution in [0.25, 0.3) is 0 Å². The minimum absolute atomic E-state index is 0.269. The summed E-state index contributed by atoms with van der Waals surface area (Å²) in [7, 11) is 6.45. The van der Waals surface area contributed by atoms with Gasteiger partial charge in [0.15, 0.2) is 6.79 Å². The maximum absolute atomic E-state index is 5.90. The highest BCUT2D eigenvalue weighted by atomic mass is 31.1. The summed E-state index contributed by atoms with van der Waals surface area (Å²) < 4.78 is 11.0. The molecule has 0 aliphatic heterocycles. The van der Waals surface area contributed by atoms with Crippen LogP contribution in [-0.2, 0) is 17.7 Å². The quantitative estimate of drug-likeness (QED) is 0.454. The highest BCUT2D eigenvalue weighted by Gasteiger charge is 2.13. The van der Waals surface area contributed by atoms with Crippen LogP contribution in [-0.4, -0.2) is 32.9 Å². The van der Waals surface area contributed by atoms with Crippen LogP contribution < -0.4 is 15.3 Å². The molecule has 29 heavy (non-hydrogen) atoms. The topological polar surface area (TPSA) is 21.7 Å². The molecule has 3 nitrogen and oxygen atoms in total. The molecule has 0 fully saturated rings. The zero-order valence-corrected chi connectivity index (χ0v) is 18.9. The Balaban J connectivity index is 1.88. The van der Waals surface area contributed by atoms with Crippen LogP contribution in [0.5, 0.6) is 5.75 Å². The van der Waals surface area contributed by atoms with Gasteiger partial charge in [-0.05, 0) is 68.3 Å². The van der Waals surface area contributed by atoms with Crippen molar-refractivity contribution in [3.05, 3.63) is 77.4 Å². The van der Waals surface area contributed by atoms with Crippen LogP contribution in [0.15, 0.2) is 60.7 Å². The van der Waals surface area contributed by atoms with Crippen molar-refractivity contribution < 1.29 is 9.47 Å². The number of rotatable bonds is 9. The van der Waals surface area contributed by atoms with Crippen LogP contribution in [0.2, 0.25) is 0 Å². The van der Waals surface area contributed by atoms with Gasteiger partial charge in [0.25, 0.3) is 0 Å². The van der Waals surface area contributed by atoms with Crippen molar-refractivity contribution in [2.24, 2.45) is 5.92 Å². The molecule has 2 unspecified atom stereocenters. The molecule has 0 spiro atoms. The summed E-state index contributed by atoms with van der Waals surface area (Å²) in [4.78, 5) is 2.23. The molecule has 0 saturated heterocycles. The molecule has 0 amide bonds. The van der Waals surface area contributed by atoms with E-state index >= 15 is 0 Å². The minimum Gasteiger partial charge on any atom is -0.467 e. The number of ether oxygens (including phenoxy) is 2. The van der Waals surface area contributed by atoms with Gasteiger partial charge in [0.2, 0.25) is 0 Å². The smallest absolute Gasteiger partial charge is 0.188 e. The fraction of sp³-hybridized carbons (Fsp3) is 0.360. The molecule has 4 heteroatoms. The number of aryl methyl sites for hydroxylation is 1. The largest absolute Gasteiger partial charge is 0.467 e. The summed E-state index contributed by atoms with van der Waals surface area (Å²) in [6.07, 6.45) is 11.0. The molecular weight excluding hydrogens is 377 g/mol. The van der Waals surface area contributed by atoms with Crippen molar-refractivity contribution in [3.8, 4) is 5.75 Å². The van der Waals surface area contributed by atoms with Crippen LogP contribution in [0, 0.1) is 12.8 Å². The molecule has 0 N–H and O–H groups in total. The van der Waals surface area contributed by atoms with Gasteiger partial charge in [0.1, 0.15) is 5.75 Å². The number of allylic oxidation sites excluding steroid dienone is 4. The van der Waals surface area contributed by atoms with E-state index in [1.165, 1.54) is 27.3 Å². The van der Waals surface area contributed by atoms with Crippen LogP contribution >= 0.6 is 8.58 Å². The highest BCUT2D eigenvalue weighted by Crippen LogP contribution is 2.25. The Morgan fingerprint density at radius 3 is 2.66 bits per heavy atom. The monoisotopic (exact) mass is 409 g/mol. The zero-order chi connectivity index (χ0) is 20.6. The lowest BCUT2D eigenvalue weighted by Crippen LogP contribution is -2.19. The van der Waals surface area contributed by atoms with Crippen molar-refractivity contribution in [3.63, 3.8) is 0 Å². The molecule has 2 aromatic rings. The first-order valence-corrected chi connectivity index (χ1v) is 11.1. The third kappa shape index (κ3) is 6.54. The Hall–Kier alpha value is -1.93. The second-order valence-corrected chi connectivity index (χ2v) is 9.25. The van der Waals surface area contributed by atoms with Gasteiger partial charge in [0.05, 0.1) is 0 Å². The van der Waals surface area contributed by atoms with Gasteiger partial charge in [0, 0.05) is 19.0 Å². The van der Waals surface area contributed by atoms with E-state index in [2.05, 4.69) is 86.6 Å². The molecule has 3 rings (SSSR count). The van der Waals surface area contributed by atoms with E-state index in [0.29, 0.717) is 14.5 Å². The molecule has 0 heterocycles. The molecule has 0 saturated carbocycles. The maximum atomic E-state index is 5.90. The van der Waals surface area contributed by atoms with Crippen molar-refractivity contribution >= 4 is 19.2 Å². The third-order valence-electron chi connectivity index (χ3n) is 4.96. The standard InChI is InChI=1S/C25H32NO2P/c1-19-10-13-24(22(14-19)17-26(2)3)29-25-16-21(11-12-23(25)28-18-27-4)15-20-8-6-5-7-9-20/h5-8,10-14,16,20,29H,9,15,17-18H2,1-4H3. The number of nitrogens with zero attached hydrogens (tertiary/aromatic N) is 1. The Morgan fingerprint density at radius 2 is 1.93 bits per heavy atom. The summed E-state index contributed by atoms with van der Waals surface area (Å²) in [5.74, 6) is 1.50. The van der Waals surface area contributed by atoms with Crippen molar-refractivity contribution in [2.75, 3.05) is 28.0 Å². The highest BCUT2D eigenvalue weighted by molar-refractivity contribution is 7.55. The lowest BCUT2D eigenvalue weighted by molar-refractivity contribution is 0.0519. The Morgan fingerprint density at radius 1 is 1.07 bits per heavy atom. The van der Waals surface area contributed by atoms with E-state index in [1.807, 2.05) is 0 Å². The zero-order valence-electron chi connectivity index (χ0n) is 17.9. The molecule has 0 radical (unpaired) electrons. The molecule has 2 aromatic carbocycles.